The molecule has 0 spiro atoms. The van der Waals surface area contributed by atoms with Crippen LogP contribution in [-0.4, -0.2) is 11.1 Å². The Bertz CT molecular complexity index is 333. The van der Waals surface area contributed by atoms with Crippen LogP contribution in [0.25, 0.3) is 0 Å². The van der Waals surface area contributed by atoms with Crippen LogP contribution in [0.4, 0.5) is 0 Å². The normalized spacial score (nSPS) is 22.9. The van der Waals surface area contributed by atoms with Gasteiger partial charge in [0.15, 0.2) is 0 Å². The van der Waals surface area contributed by atoms with Crippen LogP contribution < -0.4 is 5.73 Å². The summed E-state index contributed by atoms with van der Waals surface area (Å²) in [6, 6.07) is 5.85. The summed E-state index contributed by atoms with van der Waals surface area (Å²) in [5, 5.41) is 9.45. The number of aryl methyl sites for hydroxylation is 1. The first-order chi connectivity index (χ1) is 6.68. The minimum Gasteiger partial charge on any atom is -0.508 e. The van der Waals surface area contributed by atoms with E-state index in [1.54, 1.807) is 6.07 Å². The van der Waals surface area contributed by atoms with Crippen molar-refractivity contribution in [2.75, 3.05) is 0 Å². The molecule has 2 atom stereocenters. The molecule has 1 aromatic carbocycles. The van der Waals surface area contributed by atoms with Gasteiger partial charge >= 0.3 is 0 Å². The lowest BCUT2D eigenvalue weighted by atomic mass is 9.79. The second kappa shape index (κ2) is 3.62. The van der Waals surface area contributed by atoms with E-state index in [2.05, 4.69) is 0 Å². The van der Waals surface area contributed by atoms with Gasteiger partial charge in [-0.25, -0.2) is 0 Å². The third kappa shape index (κ3) is 1.62. The van der Waals surface area contributed by atoms with Crippen molar-refractivity contribution in [1.29, 1.82) is 0 Å². The fourth-order valence-corrected chi connectivity index (χ4v) is 2.37. The Morgan fingerprint density at radius 3 is 3.00 bits per heavy atom. The van der Waals surface area contributed by atoms with Gasteiger partial charge < -0.3 is 10.8 Å². The lowest BCUT2D eigenvalue weighted by molar-refractivity contribution is 0.459. The van der Waals surface area contributed by atoms with E-state index in [-0.39, 0.29) is 6.04 Å². The van der Waals surface area contributed by atoms with E-state index in [0.717, 1.165) is 12.8 Å². The van der Waals surface area contributed by atoms with Crippen LogP contribution in [0.5, 0.6) is 5.75 Å². The zero-order chi connectivity index (χ0) is 10.1. The summed E-state index contributed by atoms with van der Waals surface area (Å²) in [7, 11) is 0. The van der Waals surface area contributed by atoms with E-state index in [4.69, 9.17) is 5.73 Å². The highest BCUT2D eigenvalue weighted by Crippen LogP contribution is 2.35. The minimum absolute atomic E-state index is 0.177. The number of phenols is 1. The van der Waals surface area contributed by atoms with Crippen LogP contribution in [0.2, 0.25) is 0 Å². The van der Waals surface area contributed by atoms with Crippen LogP contribution in [-0.2, 0) is 6.42 Å². The summed E-state index contributed by atoms with van der Waals surface area (Å²) in [6.07, 6.45) is 3.48. The second-order valence-corrected chi connectivity index (χ2v) is 4.24. The SMILES string of the molecule is CC(N)C1CCCc2ccc(O)cc21. The zero-order valence-corrected chi connectivity index (χ0v) is 8.53. The number of fused-ring (bicyclic) bond motifs is 1. The van der Waals surface area contributed by atoms with Crippen LogP contribution in [0.3, 0.4) is 0 Å². The van der Waals surface area contributed by atoms with Crippen molar-refractivity contribution >= 4 is 0 Å². The summed E-state index contributed by atoms with van der Waals surface area (Å²) in [6.45, 7) is 2.05. The smallest absolute Gasteiger partial charge is 0.115 e. The van der Waals surface area contributed by atoms with Gasteiger partial charge in [0.2, 0.25) is 0 Å². The van der Waals surface area contributed by atoms with Crippen molar-refractivity contribution in [2.45, 2.75) is 38.1 Å². The quantitative estimate of drug-likeness (QED) is 0.714. The fourth-order valence-electron chi connectivity index (χ4n) is 2.37. The van der Waals surface area contributed by atoms with Gasteiger partial charge in [-0.15, -0.1) is 0 Å². The number of hydrogen-bond donors (Lipinski definition) is 2. The van der Waals surface area contributed by atoms with Gasteiger partial charge in [-0.1, -0.05) is 6.07 Å². The average Bonchev–Trinajstić information content (AvgIpc) is 2.16. The standard InChI is InChI=1S/C12H17NO/c1-8(13)11-4-2-3-9-5-6-10(14)7-12(9)11/h5-8,11,14H,2-4,13H2,1H3. The summed E-state index contributed by atoms with van der Waals surface area (Å²) in [5.41, 5.74) is 8.56. The van der Waals surface area contributed by atoms with Crippen LogP contribution in [0, 0.1) is 0 Å². The Balaban J connectivity index is 2.41. The molecule has 2 heteroatoms. The number of phenolic OH excluding ortho intramolecular Hbond substituents is 1. The van der Waals surface area contributed by atoms with Crippen molar-refractivity contribution in [1.82, 2.24) is 0 Å². The van der Waals surface area contributed by atoms with Gasteiger partial charge in [0.1, 0.15) is 5.75 Å². The van der Waals surface area contributed by atoms with Gasteiger partial charge in [0.05, 0.1) is 0 Å². The maximum absolute atomic E-state index is 9.45. The van der Waals surface area contributed by atoms with Gasteiger partial charge in [0.25, 0.3) is 0 Å². The first-order valence-corrected chi connectivity index (χ1v) is 5.26. The van der Waals surface area contributed by atoms with E-state index in [9.17, 15) is 5.11 Å². The molecular formula is C12H17NO. The third-order valence-electron chi connectivity index (χ3n) is 3.12. The van der Waals surface area contributed by atoms with Crippen LogP contribution >= 0.6 is 0 Å². The highest BCUT2D eigenvalue weighted by molar-refractivity contribution is 5.39. The molecule has 2 nitrogen and oxygen atoms in total. The molecule has 0 radical (unpaired) electrons. The Morgan fingerprint density at radius 2 is 2.29 bits per heavy atom. The van der Waals surface area contributed by atoms with Gasteiger partial charge in [-0.3, -0.25) is 0 Å². The molecule has 0 fully saturated rings. The molecule has 0 bridgehead atoms. The van der Waals surface area contributed by atoms with Crippen LogP contribution in [0.1, 0.15) is 36.8 Å². The highest BCUT2D eigenvalue weighted by atomic mass is 16.3. The first-order valence-electron chi connectivity index (χ1n) is 5.26. The molecule has 0 amide bonds. The van der Waals surface area contributed by atoms with E-state index in [1.165, 1.54) is 17.5 Å². The summed E-state index contributed by atoms with van der Waals surface area (Å²) < 4.78 is 0. The Morgan fingerprint density at radius 1 is 1.50 bits per heavy atom. The summed E-state index contributed by atoms with van der Waals surface area (Å²) in [4.78, 5) is 0. The Labute approximate surface area is 84.7 Å². The van der Waals surface area contributed by atoms with Crippen molar-refractivity contribution in [3.05, 3.63) is 29.3 Å². The van der Waals surface area contributed by atoms with E-state index in [1.807, 2.05) is 19.1 Å². The third-order valence-corrected chi connectivity index (χ3v) is 3.12. The molecule has 0 saturated carbocycles. The molecule has 0 aliphatic heterocycles. The monoisotopic (exact) mass is 191 g/mol. The van der Waals surface area contributed by atoms with Gasteiger partial charge in [-0.05, 0) is 55.4 Å². The molecule has 0 saturated heterocycles. The molecule has 14 heavy (non-hydrogen) atoms. The maximum Gasteiger partial charge on any atom is 0.115 e. The highest BCUT2D eigenvalue weighted by Gasteiger charge is 2.23. The number of rotatable bonds is 1. The zero-order valence-electron chi connectivity index (χ0n) is 8.53. The molecule has 3 N–H and O–H groups in total. The number of aromatic hydroxyl groups is 1. The lowest BCUT2D eigenvalue weighted by Crippen LogP contribution is -2.27. The minimum atomic E-state index is 0.177. The number of hydrogen-bond acceptors (Lipinski definition) is 2. The lowest BCUT2D eigenvalue weighted by Gasteiger charge is -2.28. The Kier molecular flexibility index (Phi) is 2.46. The molecule has 1 aliphatic rings. The molecule has 1 aliphatic carbocycles. The fraction of sp³-hybridized carbons (Fsp3) is 0.500. The largest absolute Gasteiger partial charge is 0.508 e. The average molecular weight is 191 g/mol. The van der Waals surface area contributed by atoms with Gasteiger partial charge in [0, 0.05) is 6.04 Å². The number of benzene rings is 1. The molecule has 0 aromatic heterocycles. The topological polar surface area (TPSA) is 46.2 Å². The Hall–Kier alpha value is -1.02. The van der Waals surface area contributed by atoms with Crippen molar-refractivity contribution in [3.63, 3.8) is 0 Å². The van der Waals surface area contributed by atoms with E-state index < -0.39 is 0 Å². The van der Waals surface area contributed by atoms with Crippen LogP contribution in [0.15, 0.2) is 18.2 Å². The molecule has 76 valence electrons. The van der Waals surface area contributed by atoms with Gasteiger partial charge in [-0.2, -0.15) is 0 Å². The summed E-state index contributed by atoms with van der Waals surface area (Å²) >= 11 is 0. The first kappa shape index (κ1) is 9.53. The molecule has 2 unspecified atom stereocenters. The predicted molar refractivity (Wildman–Crippen MR) is 57.4 cm³/mol. The van der Waals surface area contributed by atoms with Crippen molar-refractivity contribution in [3.8, 4) is 5.75 Å². The maximum atomic E-state index is 9.45. The second-order valence-electron chi connectivity index (χ2n) is 4.24. The van der Waals surface area contributed by atoms with Crippen molar-refractivity contribution < 1.29 is 5.11 Å². The molecule has 1 aromatic rings. The molecular weight excluding hydrogens is 174 g/mol. The van der Waals surface area contributed by atoms with Crippen molar-refractivity contribution in [2.24, 2.45) is 5.73 Å². The number of nitrogens with two attached hydrogens (primary N) is 1. The predicted octanol–water partition coefficient (Wildman–Crippen LogP) is 2.16. The molecule has 0 heterocycles. The van der Waals surface area contributed by atoms with E-state index in [0.29, 0.717) is 11.7 Å². The summed E-state index contributed by atoms with van der Waals surface area (Å²) in [5.74, 6) is 0.780. The van der Waals surface area contributed by atoms with E-state index >= 15 is 0 Å². The molecule has 2 rings (SSSR count).